The summed E-state index contributed by atoms with van der Waals surface area (Å²) in [5.41, 5.74) is 2.73. The molecule has 0 aliphatic heterocycles. The second-order valence-corrected chi connectivity index (χ2v) is 5.73. The standard InChI is InChI=1S/C16H20N2OS/c1-4-18(5-2)15-8-6-14(7-9-15)17-16(19)13-10-12(3)20-11-13/h6-11H,4-5H2,1-3H3,(H,17,19). The fourth-order valence-corrected chi connectivity index (χ4v) is 2.79. The molecule has 0 unspecified atom stereocenters. The Morgan fingerprint density at radius 1 is 1.20 bits per heavy atom. The number of nitrogens with zero attached hydrogens (tertiary/aromatic N) is 1. The highest BCUT2D eigenvalue weighted by molar-refractivity contribution is 7.10. The normalized spacial score (nSPS) is 10.3. The van der Waals surface area contributed by atoms with Gasteiger partial charge in [0.2, 0.25) is 0 Å². The quantitative estimate of drug-likeness (QED) is 0.896. The predicted octanol–water partition coefficient (Wildman–Crippen LogP) is 4.16. The van der Waals surface area contributed by atoms with Crippen LogP contribution >= 0.6 is 11.3 Å². The number of thiophene rings is 1. The molecule has 1 aromatic heterocycles. The Labute approximate surface area is 124 Å². The smallest absolute Gasteiger partial charge is 0.256 e. The lowest BCUT2D eigenvalue weighted by molar-refractivity contribution is 0.102. The molecule has 4 heteroatoms. The van der Waals surface area contributed by atoms with Crippen molar-refractivity contribution in [2.45, 2.75) is 20.8 Å². The third-order valence-corrected chi connectivity index (χ3v) is 4.11. The molecule has 1 amide bonds. The van der Waals surface area contributed by atoms with E-state index >= 15 is 0 Å². The number of rotatable bonds is 5. The van der Waals surface area contributed by atoms with Crippen molar-refractivity contribution in [3.63, 3.8) is 0 Å². The average molecular weight is 288 g/mol. The number of benzene rings is 1. The van der Waals surface area contributed by atoms with Crippen molar-refractivity contribution >= 4 is 28.6 Å². The zero-order valence-corrected chi connectivity index (χ0v) is 13.0. The minimum absolute atomic E-state index is 0.0510. The number of hydrogen-bond acceptors (Lipinski definition) is 3. The molecule has 3 nitrogen and oxygen atoms in total. The van der Waals surface area contributed by atoms with Crippen LogP contribution in [0, 0.1) is 6.92 Å². The van der Waals surface area contributed by atoms with E-state index in [1.165, 1.54) is 5.69 Å². The van der Waals surface area contributed by atoms with Crippen LogP contribution < -0.4 is 10.2 Å². The number of anilines is 2. The fourth-order valence-electron chi connectivity index (χ4n) is 2.11. The van der Waals surface area contributed by atoms with Gasteiger partial charge in [-0.15, -0.1) is 11.3 Å². The van der Waals surface area contributed by atoms with Crippen LogP contribution in [0.2, 0.25) is 0 Å². The van der Waals surface area contributed by atoms with Gasteiger partial charge in [-0.1, -0.05) is 0 Å². The van der Waals surface area contributed by atoms with Crippen molar-refractivity contribution in [1.82, 2.24) is 0 Å². The molecule has 1 aromatic carbocycles. The van der Waals surface area contributed by atoms with Crippen molar-refractivity contribution in [3.8, 4) is 0 Å². The van der Waals surface area contributed by atoms with Crippen molar-refractivity contribution in [2.24, 2.45) is 0 Å². The van der Waals surface area contributed by atoms with E-state index in [1.54, 1.807) is 11.3 Å². The molecule has 0 atom stereocenters. The summed E-state index contributed by atoms with van der Waals surface area (Å²) in [7, 11) is 0. The van der Waals surface area contributed by atoms with E-state index in [-0.39, 0.29) is 5.91 Å². The average Bonchev–Trinajstić information content (AvgIpc) is 2.89. The maximum absolute atomic E-state index is 12.0. The number of aryl methyl sites for hydroxylation is 1. The Hall–Kier alpha value is -1.81. The lowest BCUT2D eigenvalue weighted by Crippen LogP contribution is -2.21. The Morgan fingerprint density at radius 3 is 2.35 bits per heavy atom. The van der Waals surface area contributed by atoms with Gasteiger partial charge in [0.15, 0.2) is 0 Å². The minimum Gasteiger partial charge on any atom is -0.372 e. The number of nitrogens with one attached hydrogen (secondary N) is 1. The third-order valence-electron chi connectivity index (χ3n) is 3.25. The minimum atomic E-state index is -0.0510. The molecular formula is C16H20N2OS. The number of amides is 1. The van der Waals surface area contributed by atoms with E-state index < -0.39 is 0 Å². The van der Waals surface area contributed by atoms with Gasteiger partial charge >= 0.3 is 0 Å². The summed E-state index contributed by atoms with van der Waals surface area (Å²) >= 11 is 1.59. The van der Waals surface area contributed by atoms with Crippen LogP contribution in [0.25, 0.3) is 0 Å². The van der Waals surface area contributed by atoms with Crippen LogP contribution in [-0.2, 0) is 0 Å². The molecule has 2 rings (SSSR count). The van der Waals surface area contributed by atoms with Crippen molar-refractivity contribution < 1.29 is 4.79 Å². The molecule has 106 valence electrons. The van der Waals surface area contributed by atoms with Gasteiger partial charge < -0.3 is 10.2 Å². The van der Waals surface area contributed by atoms with Gasteiger partial charge in [-0.05, 0) is 51.1 Å². The molecule has 0 spiro atoms. The van der Waals surface area contributed by atoms with Gasteiger partial charge in [-0.2, -0.15) is 0 Å². The summed E-state index contributed by atoms with van der Waals surface area (Å²) in [6.07, 6.45) is 0. The molecular weight excluding hydrogens is 268 g/mol. The first-order chi connectivity index (χ1) is 9.63. The summed E-state index contributed by atoms with van der Waals surface area (Å²) in [4.78, 5) is 15.5. The Morgan fingerprint density at radius 2 is 1.85 bits per heavy atom. The van der Waals surface area contributed by atoms with Crippen LogP contribution in [0.3, 0.4) is 0 Å². The highest BCUT2D eigenvalue weighted by atomic mass is 32.1. The molecule has 0 radical (unpaired) electrons. The van der Waals surface area contributed by atoms with Crippen molar-refractivity contribution in [2.75, 3.05) is 23.3 Å². The molecule has 1 N–H and O–H groups in total. The van der Waals surface area contributed by atoms with Crippen LogP contribution in [0.5, 0.6) is 0 Å². The van der Waals surface area contributed by atoms with Gasteiger partial charge in [0.1, 0.15) is 0 Å². The molecule has 20 heavy (non-hydrogen) atoms. The highest BCUT2D eigenvalue weighted by Gasteiger charge is 2.08. The van der Waals surface area contributed by atoms with Crippen molar-refractivity contribution in [1.29, 1.82) is 0 Å². The van der Waals surface area contributed by atoms with Gasteiger partial charge in [-0.25, -0.2) is 0 Å². The zero-order chi connectivity index (χ0) is 14.5. The van der Waals surface area contributed by atoms with E-state index in [2.05, 4.69) is 24.1 Å². The number of hydrogen-bond donors (Lipinski definition) is 1. The Balaban J connectivity index is 2.05. The van der Waals surface area contributed by atoms with E-state index in [1.807, 2.05) is 42.6 Å². The first-order valence-corrected chi connectivity index (χ1v) is 7.73. The zero-order valence-electron chi connectivity index (χ0n) is 12.1. The topological polar surface area (TPSA) is 32.3 Å². The first kappa shape index (κ1) is 14.6. The molecule has 0 saturated carbocycles. The number of carbonyl (C=O) groups is 1. The van der Waals surface area contributed by atoms with E-state index in [4.69, 9.17) is 0 Å². The molecule has 1 heterocycles. The Bertz CT molecular complexity index is 570. The molecule has 0 saturated heterocycles. The summed E-state index contributed by atoms with van der Waals surface area (Å²) in [6.45, 7) is 8.24. The predicted molar refractivity (Wildman–Crippen MR) is 87.0 cm³/mol. The second-order valence-electron chi connectivity index (χ2n) is 4.62. The monoisotopic (exact) mass is 288 g/mol. The van der Waals surface area contributed by atoms with Crippen LogP contribution in [-0.4, -0.2) is 19.0 Å². The fraction of sp³-hybridized carbons (Fsp3) is 0.312. The van der Waals surface area contributed by atoms with Crippen LogP contribution in [0.1, 0.15) is 29.1 Å². The maximum atomic E-state index is 12.0. The molecule has 2 aromatic rings. The lowest BCUT2D eigenvalue weighted by Gasteiger charge is -2.21. The van der Waals surface area contributed by atoms with Crippen molar-refractivity contribution in [3.05, 3.63) is 46.2 Å². The van der Waals surface area contributed by atoms with Crippen LogP contribution in [0.4, 0.5) is 11.4 Å². The Kier molecular flexibility index (Phi) is 4.79. The highest BCUT2D eigenvalue weighted by Crippen LogP contribution is 2.19. The van der Waals surface area contributed by atoms with Gasteiger partial charge in [0.05, 0.1) is 5.56 Å². The first-order valence-electron chi connectivity index (χ1n) is 6.85. The number of carbonyl (C=O) groups excluding carboxylic acids is 1. The maximum Gasteiger partial charge on any atom is 0.256 e. The lowest BCUT2D eigenvalue weighted by atomic mass is 10.2. The summed E-state index contributed by atoms with van der Waals surface area (Å²) in [5, 5.41) is 4.81. The molecule has 0 aliphatic rings. The van der Waals surface area contributed by atoms with Gasteiger partial charge in [-0.3, -0.25) is 4.79 Å². The van der Waals surface area contributed by atoms with E-state index in [0.717, 1.165) is 29.2 Å². The largest absolute Gasteiger partial charge is 0.372 e. The van der Waals surface area contributed by atoms with E-state index in [0.29, 0.717) is 0 Å². The summed E-state index contributed by atoms with van der Waals surface area (Å²) < 4.78 is 0. The van der Waals surface area contributed by atoms with Gasteiger partial charge in [0, 0.05) is 34.7 Å². The van der Waals surface area contributed by atoms with Crippen LogP contribution in [0.15, 0.2) is 35.7 Å². The second kappa shape index (κ2) is 6.57. The molecule has 0 bridgehead atoms. The van der Waals surface area contributed by atoms with Gasteiger partial charge in [0.25, 0.3) is 5.91 Å². The summed E-state index contributed by atoms with van der Waals surface area (Å²) in [6, 6.07) is 9.89. The summed E-state index contributed by atoms with van der Waals surface area (Å²) in [5.74, 6) is -0.0510. The molecule has 0 fully saturated rings. The van der Waals surface area contributed by atoms with E-state index in [9.17, 15) is 4.79 Å². The molecule has 0 aliphatic carbocycles. The third kappa shape index (κ3) is 3.39. The SMILES string of the molecule is CCN(CC)c1ccc(NC(=O)c2csc(C)c2)cc1.